The Hall–Kier alpha value is -2.28. The van der Waals surface area contributed by atoms with E-state index in [1.807, 2.05) is 18.2 Å². The molecule has 1 heterocycles. The lowest BCUT2D eigenvalue weighted by molar-refractivity contribution is -0.441. The average molecular weight is 493 g/mol. The normalized spacial score (nSPS) is 16.5. The minimum atomic E-state index is -5.00. The van der Waals surface area contributed by atoms with Crippen molar-refractivity contribution in [3.8, 4) is 11.8 Å². The van der Waals surface area contributed by atoms with Crippen LogP contribution in [-0.4, -0.2) is 43.0 Å². The SMILES string of the molecule is COc1ccc(COCC2=C(C#N)C(SCC(N)=O)=NC(OSOOC(F)(F)F)C2)cc1. The molecule has 1 aliphatic rings. The zero-order chi connectivity index (χ0) is 23.6. The summed E-state index contributed by atoms with van der Waals surface area (Å²) in [6.07, 6.45) is -5.96. The second kappa shape index (κ2) is 12.7. The summed E-state index contributed by atoms with van der Waals surface area (Å²) >= 11 is 0.847. The second-order valence-corrected chi connectivity index (χ2v) is 7.47. The molecule has 0 bridgehead atoms. The largest absolute Gasteiger partial charge is 0.550 e. The van der Waals surface area contributed by atoms with Crippen LogP contribution in [0.15, 0.2) is 40.4 Å². The van der Waals surface area contributed by atoms with Crippen molar-refractivity contribution in [2.75, 3.05) is 19.5 Å². The van der Waals surface area contributed by atoms with Crippen molar-refractivity contribution in [3.63, 3.8) is 0 Å². The third-order valence-corrected chi connectivity index (χ3v) is 5.16. The van der Waals surface area contributed by atoms with Crippen LogP contribution in [0.1, 0.15) is 12.0 Å². The Morgan fingerprint density at radius 1 is 1.31 bits per heavy atom. The number of nitrogens with two attached hydrogens (primary N) is 1. The monoisotopic (exact) mass is 493 g/mol. The Bertz CT molecular complexity index is 887. The molecule has 2 rings (SSSR count). The Kier molecular flexibility index (Phi) is 10.3. The fraction of sp³-hybridized carbons (Fsp3) is 0.389. The highest BCUT2D eigenvalue weighted by Crippen LogP contribution is 2.30. The molecule has 0 radical (unpaired) electrons. The predicted molar refractivity (Wildman–Crippen MR) is 110 cm³/mol. The van der Waals surface area contributed by atoms with Gasteiger partial charge in [-0.05, 0) is 23.3 Å². The van der Waals surface area contributed by atoms with Crippen molar-refractivity contribution in [1.29, 1.82) is 5.26 Å². The summed E-state index contributed by atoms with van der Waals surface area (Å²) in [5, 5.41) is 9.71. The van der Waals surface area contributed by atoms with Gasteiger partial charge in [0, 0.05) is 6.42 Å². The summed E-state index contributed by atoms with van der Waals surface area (Å²) in [7, 11) is 1.55. The third kappa shape index (κ3) is 9.07. The maximum Gasteiger partial charge on any atom is 0.550 e. The molecule has 1 amide bonds. The highest BCUT2D eigenvalue weighted by Gasteiger charge is 2.32. The van der Waals surface area contributed by atoms with E-state index in [1.54, 1.807) is 19.2 Å². The van der Waals surface area contributed by atoms with Gasteiger partial charge in [-0.1, -0.05) is 23.9 Å². The van der Waals surface area contributed by atoms with Gasteiger partial charge in [-0.3, -0.25) is 8.98 Å². The van der Waals surface area contributed by atoms with Crippen molar-refractivity contribution in [3.05, 3.63) is 41.0 Å². The van der Waals surface area contributed by atoms with E-state index in [9.17, 15) is 23.2 Å². The topological polar surface area (TPSA) is 125 Å². The molecule has 14 heteroatoms. The third-order valence-electron chi connectivity index (χ3n) is 3.72. The van der Waals surface area contributed by atoms with Crippen molar-refractivity contribution in [1.82, 2.24) is 0 Å². The fourth-order valence-electron chi connectivity index (χ4n) is 2.40. The van der Waals surface area contributed by atoms with Crippen LogP contribution in [-0.2, 0) is 29.5 Å². The van der Waals surface area contributed by atoms with Gasteiger partial charge in [0.25, 0.3) is 0 Å². The van der Waals surface area contributed by atoms with Gasteiger partial charge < -0.3 is 15.2 Å². The van der Waals surface area contributed by atoms with Gasteiger partial charge in [-0.15, -0.1) is 22.4 Å². The van der Waals surface area contributed by atoms with Crippen LogP contribution in [0.2, 0.25) is 0 Å². The van der Waals surface area contributed by atoms with Crippen LogP contribution in [0, 0.1) is 11.3 Å². The molecule has 32 heavy (non-hydrogen) atoms. The van der Waals surface area contributed by atoms with Crippen LogP contribution >= 0.6 is 24.1 Å². The zero-order valence-electron chi connectivity index (χ0n) is 16.6. The number of amides is 1. The summed E-state index contributed by atoms with van der Waals surface area (Å²) in [6.45, 7) is 0.255. The number of benzene rings is 1. The van der Waals surface area contributed by atoms with E-state index in [4.69, 9.17) is 19.4 Å². The number of nitrogens with zero attached hydrogens (tertiary/aromatic N) is 2. The molecular weight excluding hydrogens is 475 g/mol. The van der Waals surface area contributed by atoms with Crippen molar-refractivity contribution in [2.45, 2.75) is 25.6 Å². The number of carbonyl (C=O) groups is 1. The van der Waals surface area contributed by atoms with Crippen molar-refractivity contribution >= 4 is 35.0 Å². The lowest BCUT2D eigenvalue weighted by atomic mass is 10.0. The molecule has 0 saturated carbocycles. The van der Waals surface area contributed by atoms with Gasteiger partial charge in [-0.25, -0.2) is 4.99 Å². The van der Waals surface area contributed by atoms with E-state index in [1.165, 1.54) is 0 Å². The number of carbonyl (C=O) groups excluding carboxylic acids is 1. The number of alkyl halides is 3. The summed E-state index contributed by atoms with van der Waals surface area (Å²) in [6, 6.07) is 9.19. The number of dihydropyridines is 1. The van der Waals surface area contributed by atoms with Gasteiger partial charge in [0.2, 0.25) is 5.91 Å². The number of primary amides is 1. The minimum Gasteiger partial charge on any atom is -0.497 e. The number of thioether (sulfide) groups is 1. The summed E-state index contributed by atoms with van der Waals surface area (Å²) in [5.74, 6) is -0.0963. The van der Waals surface area contributed by atoms with Crippen LogP contribution in [0.4, 0.5) is 13.2 Å². The molecule has 0 spiro atoms. The fourth-order valence-corrected chi connectivity index (χ4v) is 3.54. The summed E-state index contributed by atoms with van der Waals surface area (Å²) < 4.78 is 55.7. The number of hydrogen-bond acceptors (Lipinski definition) is 10. The molecule has 1 aliphatic heterocycles. The van der Waals surface area contributed by atoms with E-state index in [0.717, 1.165) is 17.3 Å². The first kappa shape index (κ1) is 26.0. The number of rotatable bonds is 11. The highest BCUT2D eigenvalue weighted by molar-refractivity contribution is 8.15. The Balaban J connectivity index is 2.03. The predicted octanol–water partition coefficient (Wildman–Crippen LogP) is 3.43. The average Bonchev–Trinajstić information content (AvgIpc) is 2.75. The van der Waals surface area contributed by atoms with Crippen LogP contribution in [0.25, 0.3) is 0 Å². The Labute approximate surface area is 190 Å². The maximum absolute atomic E-state index is 12.0. The Morgan fingerprint density at radius 3 is 2.62 bits per heavy atom. The number of ether oxygens (including phenoxy) is 2. The first-order valence-corrected chi connectivity index (χ1v) is 10.4. The lowest BCUT2D eigenvalue weighted by Crippen LogP contribution is -2.23. The van der Waals surface area contributed by atoms with Crippen molar-refractivity contribution in [2.24, 2.45) is 10.7 Å². The van der Waals surface area contributed by atoms with Gasteiger partial charge in [0.1, 0.15) is 16.9 Å². The maximum atomic E-state index is 12.0. The molecular formula is C18H18F3N3O6S2. The molecule has 1 unspecified atom stereocenters. The molecule has 1 aromatic carbocycles. The van der Waals surface area contributed by atoms with Crippen LogP contribution < -0.4 is 10.5 Å². The number of hydrogen-bond donors (Lipinski definition) is 1. The second-order valence-electron chi connectivity index (χ2n) is 6.04. The minimum absolute atomic E-state index is 0.0233. The quantitative estimate of drug-likeness (QED) is 0.214. The highest BCUT2D eigenvalue weighted by atomic mass is 32.2. The Morgan fingerprint density at radius 2 is 2.03 bits per heavy atom. The van der Waals surface area contributed by atoms with E-state index < -0.39 is 18.5 Å². The van der Waals surface area contributed by atoms with E-state index in [2.05, 4.69) is 14.2 Å². The van der Waals surface area contributed by atoms with Crippen LogP contribution in [0.3, 0.4) is 0 Å². The van der Waals surface area contributed by atoms with Crippen molar-refractivity contribution < 1.29 is 40.8 Å². The molecule has 0 aromatic heterocycles. The summed E-state index contributed by atoms with van der Waals surface area (Å²) in [4.78, 5) is 18.4. The van der Waals surface area contributed by atoms with E-state index in [-0.39, 0.29) is 48.3 Å². The number of halogens is 3. The smallest absolute Gasteiger partial charge is 0.497 e. The molecule has 1 atom stereocenters. The molecule has 174 valence electrons. The zero-order valence-corrected chi connectivity index (χ0v) is 18.2. The van der Waals surface area contributed by atoms with E-state index in [0.29, 0.717) is 11.3 Å². The number of aliphatic imine (C=N–C) groups is 1. The first-order chi connectivity index (χ1) is 15.2. The number of methoxy groups -OCH3 is 1. The van der Waals surface area contributed by atoms with E-state index >= 15 is 0 Å². The molecule has 9 nitrogen and oxygen atoms in total. The van der Waals surface area contributed by atoms with Crippen LogP contribution in [0.5, 0.6) is 5.75 Å². The van der Waals surface area contributed by atoms with Gasteiger partial charge in [-0.2, -0.15) is 5.26 Å². The molecule has 0 aliphatic carbocycles. The van der Waals surface area contributed by atoms with Gasteiger partial charge in [0.05, 0.1) is 31.6 Å². The van der Waals surface area contributed by atoms with Gasteiger partial charge >= 0.3 is 6.36 Å². The molecule has 0 saturated heterocycles. The lowest BCUT2D eigenvalue weighted by Gasteiger charge is -2.22. The first-order valence-electron chi connectivity index (χ1n) is 8.78. The summed E-state index contributed by atoms with van der Waals surface area (Å²) in [5.41, 5.74) is 6.68. The standard InChI is InChI=1S/C18H18F3N3O6S2/c1-26-13-4-2-11(3-5-13)8-27-9-12-6-16(28-32-30-29-18(19,20)21)24-17(14(12)7-22)31-10-15(23)25/h2-5,16H,6,8-10H2,1H3,(H2,23,25). The molecule has 1 aromatic rings. The molecule has 2 N–H and O–H groups in total. The number of nitriles is 1. The van der Waals surface area contributed by atoms with Gasteiger partial charge in [0.15, 0.2) is 18.6 Å². The molecule has 0 fully saturated rings.